The topological polar surface area (TPSA) is 76.9 Å². The molecule has 0 amide bonds. The minimum atomic E-state index is -0.598. The minimum absolute atomic E-state index is 0.289. The van der Waals surface area contributed by atoms with E-state index in [9.17, 15) is 14.3 Å². The summed E-state index contributed by atoms with van der Waals surface area (Å²) in [7, 11) is 0. The van der Waals surface area contributed by atoms with E-state index in [4.69, 9.17) is 5.26 Å². The summed E-state index contributed by atoms with van der Waals surface area (Å²) in [4.78, 5) is 16.8. The molecule has 122 valence electrons. The first-order valence-corrected chi connectivity index (χ1v) is 8.91. The van der Waals surface area contributed by atoms with Gasteiger partial charge in [-0.25, -0.2) is 4.39 Å². The molecule has 3 heterocycles. The summed E-state index contributed by atoms with van der Waals surface area (Å²) in [6.07, 6.45) is 0. The lowest BCUT2D eigenvalue weighted by atomic mass is 10.1. The van der Waals surface area contributed by atoms with Crippen LogP contribution in [0.4, 0.5) is 4.39 Å². The third-order valence-electron chi connectivity index (χ3n) is 3.83. The first kappa shape index (κ1) is 15.6. The molecule has 0 aliphatic rings. The average molecular weight is 368 g/mol. The Morgan fingerprint density at radius 1 is 1.12 bits per heavy atom. The number of aromatic hydroxyl groups is 1. The summed E-state index contributed by atoms with van der Waals surface area (Å²) >= 11 is 2.78. The molecule has 0 aliphatic heterocycles. The van der Waals surface area contributed by atoms with Crippen LogP contribution in [0.1, 0.15) is 5.56 Å². The average Bonchev–Trinajstić information content (AvgIpc) is 3.22. The fraction of sp³-hybridized carbons (Fsp3) is 0. The first-order chi connectivity index (χ1) is 12.1. The van der Waals surface area contributed by atoms with E-state index in [0.717, 1.165) is 20.9 Å². The lowest BCUT2D eigenvalue weighted by molar-refractivity contribution is 0.479. The zero-order valence-corrected chi connectivity index (χ0v) is 14.2. The van der Waals surface area contributed by atoms with Crippen molar-refractivity contribution >= 4 is 32.9 Å². The Balaban J connectivity index is 1.88. The second-order valence-electron chi connectivity index (χ2n) is 5.31. The molecule has 3 aromatic heterocycles. The number of halogens is 1. The van der Waals surface area contributed by atoms with Gasteiger partial charge in [0, 0.05) is 20.7 Å². The number of hydrogen-bond donors (Lipinski definition) is 2. The number of nitriles is 1. The molecule has 0 radical (unpaired) electrons. The molecule has 25 heavy (non-hydrogen) atoms. The van der Waals surface area contributed by atoms with Gasteiger partial charge in [0.2, 0.25) is 0 Å². The number of benzene rings is 1. The number of aromatic amines is 1. The Hall–Kier alpha value is -2.95. The number of thiophene rings is 2. The van der Waals surface area contributed by atoms with Gasteiger partial charge in [-0.05, 0) is 29.8 Å². The van der Waals surface area contributed by atoms with E-state index in [1.54, 1.807) is 18.2 Å². The molecule has 0 unspecified atom stereocenters. The summed E-state index contributed by atoms with van der Waals surface area (Å²) < 4.78 is 13.1. The number of nitrogens with one attached hydrogen (secondary N) is 1. The van der Waals surface area contributed by atoms with E-state index in [0.29, 0.717) is 10.2 Å². The summed E-state index contributed by atoms with van der Waals surface area (Å²) in [5.74, 6) is -0.587. The minimum Gasteiger partial charge on any atom is -0.506 e. The summed E-state index contributed by atoms with van der Waals surface area (Å²) in [6, 6.07) is 11.8. The molecular weight excluding hydrogens is 359 g/mol. The van der Waals surface area contributed by atoms with Crippen LogP contribution in [0.2, 0.25) is 0 Å². The maximum atomic E-state index is 13.1. The van der Waals surface area contributed by atoms with E-state index in [1.807, 2.05) is 17.5 Å². The standard InChI is InChI=1S/C18H9FN2O2S2/c19-10-3-1-9(2-4-10)13-5-6-14(25-13)12-8-24-18-15(12)16(22)11(7-20)17(23)21-18/h1-6,8H,(H2,21,22,23). The Morgan fingerprint density at radius 3 is 2.56 bits per heavy atom. The van der Waals surface area contributed by atoms with Crippen molar-refractivity contribution in [3.8, 4) is 32.7 Å². The van der Waals surface area contributed by atoms with Gasteiger partial charge in [-0.1, -0.05) is 12.1 Å². The van der Waals surface area contributed by atoms with Gasteiger partial charge in [-0.15, -0.1) is 22.7 Å². The van der Waals surface area contributed by atoms with Crippen LogP contribution in [-0.2, 0) is 0 Å². The number of aromatic nitrogens is 1. The normalized spacial score (nSPS) is 10.9. The number of H-pyrrole nitrogens is 1. The van der Waals surface area contributed by atoms with Crippen molar-refractivity contribution in [2.45, 2.75) is 0 Å². The summed E-state index contributed by atoms with van der Waals surface area (Å²) in [5.41, 5.74) is 0.762. The zero-order chi connectivity index (χ0) is 17.6. The van der Waals surface area contributed by atoms with Crippen LogP contribution in [0, 0.1) is 17.1 Å². The highest BCUT2D eigenvalue weighted by molar-refractivity contribution is 7.20. The van der Waals surface area contributed by atoms with Gasteiger partial charge in [-0.3, -0.25) is 4.79 Å². The van der Waals surface area contributed by atoms with Gasteiger partial charge < -0.3 is 10.1 Å². The van der Waals surface area contributed by atoms with Crippen LogP contribution >= 0.6 is 22.7 Å². The van der Waals surface area contributed by atoms with E-state index in [1.165, 1.54) is 34.8 Å². The predicted molar refractivity (Wildman–Crippen MR) is 97.5 cm³/mol. The number of nitrogens with zero attached hydrogens (tertiary/aromatic N) is 1. The van der Waals surface area contributed by atoms with Gasteiger partial charge in [-0.2, -0.15) is 5.26 Å². The van der Waals surface area contributed by atoms with Crippen molar-refractivity contribution in [3.63, 3.8) is 0 Å². The Morgan fingerprint density at radius 2 is 1.84 bits per heavy atom. The molecule has 0 saturated heterocycles. The fourth-order valence-corrected chi connectivity index (χ4v) is 4.69. The molecular formula is C18H9FN2O2S2. The number of fused-ring (bicyclic) bond motifs is 1. The highest BCUT2D eigenvalue weighted by Crippen LogP contribution is 2.42. The Kier molecular flexibility index (Phi) is 3.64. The van der Waals surface area contributed by atoms with Crippen molar-refractivity contribution in [2.75, 3.05) is 0 Å². The molecule has 7 heteroatoms. The highest BCUT2D eigenvalue weighted by Gasteiger charge is 2.18. The van der Waals surface area contributed by atoms with E-state index >= 15 is 0 Å². The molecule has 0 fully saturated rings. The molecule has 4 aromatic rings. The molecule has 4 rings (SSSR count). The van der Waals surface area contributed by atoms with E-state index in [-0.39, 0.29) is 17.1 Å². The van der Waals surface area contributed by atoms with Crippen molar-refractivity contribution in [1.29, 1.82) is 5.26 Å². The van der Waals surface area contributed by atoms with Crippen molar-refractivity contribution in [2.24, 2.45) is 0 Å². The van der Waals surface area contributed by atoms with Gasteiger partial charge in [0.15, 0.2) is 5.56 Å². The molecule has 0 atom stereocenters. The second-order valence-corrected chi connectivity index (χ2v) is 7.28. The van der Waals surface area contributed by atoms with Gasteiger partial charge in [0.05, 0.1) is 5.39 Å². The van der Waals surface area contributed by atoms with Gasteiger partial charge in [0.1, 0.15) is 22.5 Å². The Bertz CT molecular complexity index is 1200. The van der Waals surface area contributed by atoms with Crippen LogP contribution in [0.15, 0.2) is 46.6 Å². The van der Waals surface area contributed by atoms with E-state index < -0.39 is 5.56 Å². The first-order valence-electron chi connectivity index (χ1n) is 7.21. The molecule has 2 N–H and O–H groups in total. The molecule has 1 aromatic carbocycles. The smallest absolute Gasteiger partial charge is 0.270 e. The van der Waals surface area contributed by atoms with Crippen molar-refractivity contribution in [1.82, 2.24) is 4.98 Å². The third-order valence-corrected chi connectivity index (χ3v) is 5.89. The van der Waals surface area contributed by atoms with Crippen LogP contribution in [0.25, 0.3) is 31.1 Å². The maximum Gasteiger partial charge on any atom is 0.270 e. The van der Waals surface area contributed by atoms with Crippen LogP contribution in [0.3, 0.4) is 0 Å². The molecule has 0 spiro atoms. The SMILES string of the molecule is N#Cc1c(O)c2c(-c3ccc(-c4ccc(F)cc4)s3)csc2[nH]c1=O. The van der Waals surface area contributed by atoms with Crippen molar-refractivity contribution < 1.29 is 9.50 Å². The second kappa shape index (κ2) is 5.84. The van der Waals surface area contributed by atoms with Gasteiger partial charge >= 0.3 is 0 Å². The van der Waals surface area contributed by atoms with Gasteiger partial charge in [0.25, 0.3) is 5.56 Å². The number of rotatable bonds is 2. The monoisotopic (exact) mass is 368 g/mol. The predicted octanol–water partition coefficient (Wildman–Crippen LogP) is 4.70. The molecule has 0 saturated carbocycles. The maximum absolute atomic E-state index is 13.1. The van der Waals surface area contributed by atoms with Crippen LogP contribution in [-0.4, -0.2) is 10.1 Å². The fourth-order valence-electron chi connectivity index (χ4n) is 2.62. The molecule has 4 nitrogen and oxygen atoms in total. The van der Waals surface area contributed by atoms with E-state index in [2.05, 4.69) is 4.98 Å². The Labute approximate surface area is 149 Å². The highest BCUT2D eigenvalue weighted by atomic mass is 32.1. The zero-order valence-electron chi connectivity index (χ0n) is 12.5. The number of pyridine rings is 1. The largest absolute Gasteiger partial charge is 0.506 e. The molecule has 0 bridgehead atoms. The summed E-state index contributed by atoms with van der Waals surface area (Å²) in [6.45, 7) is 0. The quantitative estimate of drug-likeness (QED) is 0.538. The van der Waals surface area contributed by atoms with Crippen LogP contribution in [0.5, 0.6) is 5.75 Å². The number of hydrogen-bond acceptors (Lipinski definition) is 5. The lowest BCUT2D eigenvalue weighted by Crippen LogP contribution is -2.09. The van der Waals surface area contributed by atoms with Crippen LogP contribution < -0.4 is 5.56 Å². The lowest BCUT2D eigenvalue weighted by Gasteiger charge is -2.01. The van der Waals surface area contributed by atoms with Crippen molar-refractivity contribution in [3.05, 3.63) is 63.5 Å². The summed E-state index contributed by atoms with van der Waals surface area (Å²) in [5, 5.41) is 21.7. The third kappa shape index (κ3) is 2.52. The molecule has 0 aliphatic carbocycles.